The Morgan fingerprint density at radius 3 is 2.10 bits per heavy atom. The predicted octanol–water partition coefficient (Wildman–Crippen LogP) is 7.95. The molecule has 52 heavy (non-hydrogen) atoms. The molecule has 10 nitrogen and oxygen atoms in total. The number of nitrogens with one attached hydrogen (secondary N) is 2. The molecule has 1 atom stereocenters. The highest BCUT2D eigenvalue weighted by Gasteiger charge is 2.25. The Hall–Kier alpha value is -3.73. The van der Waals surface area contributed by atoms with Crippen molar-refractivity contribution < 1.29 is 29.0 Å². The summed E-state index contributed by atoms with van der Waals surface area (Å²) in [4.78, 5) is 53.3. The Bertz CT molecular complexity index is 1540. The number of carbonyl (C=O) groups is 3. The standard InChI is InChI=1S/C25H26ClN3O5.C16H32O2/c26-19-7-5-17(6-8-19)24(31)28-22(25(32)34-14-11-29-9-12-33-13-10-29)15-18-16-23(30)27-21-4-2-1-3-20(18)21;1-2-3-4-5-6-7-8-9-10-11-12-13-14-15-16(17)18/h1-8,16,22H,9-15H2,(H,27,30)(H,28,31);2-15H2,1H3,(H,17,18). The number of carboxylic acid groups (broad SMARTS) is 1. The number of hydrogen-bond acceptors (Lipinski definition) is 7. The van der Waals surface area contributed by atoms with Gasteiger partial charge in [0.25, 0.3) is 5.91 Å². The van der Waals surface area contributed by atoms with Gasteiger partial charge in [0.15, 0.2) is 0 Å². The van der Waals surface area contributed by atoms with Crippen LogP contribution in [0.1, 0.15) is 113 Å². The summed E-state index contributed by atoms with van der Waals surface area (Å²) in [5, 5.41) is 12.6. The Morgan fingerprint density at radius 1 is 0.885 bits per heavy atom. The predicted molar refractivity (Wildman–Crippen MR) is 207 cm³/mol. The van der Waals surface area contributed by atoms with Crippen LogP contribution in [-0.4, -0.2) is 78.3 Å². The van der Waals surface area contributed by atoms with Gasteiger partial charge in [-0.2, -0.15) is 0 Å². The van der Waals surface area contributed by atoms with Crippen molar-refractivity contribution in [3.05, 3.63) is 81.1 Å². The van der Waals surface area contributed by atoms with Gasteiger partial charge in [0.2, 0.25) is 5.56 Å². The summed E-state index contributed by atoms with van der Waals surface area (Å²) in [5.74, 6) is -1.64. The van der Waals surface area contributed by atoms with E-state index in [-0.39, 0.29) is 18.6 Å². The molecule has 1 saturated heterocycles. The van der Waals surface area contributed by atoms with Crippen LogP contribution >= 0.6 is 11.6 Å². The van der Waals surface area contributed by atoms with E-state index in [0.717, 1.165) is 31.3 Å². The SMILES string of the molecule is CCCCCCCCCCCCCCCC(=O)O.O=C(NC(Cc1cc(=O)[nH]c2ccccc12)C(=O)OCCN1CCOCC1)c1ccc(Cl)cc1. The number of morpholine rings is 1. The molecule has 3 N–H and O–H groups in total. The summed E-state index contributed by atoms with van der Waals surface area (Å²) in [5.41, 5.74) is 1.39. The van der Waals surface area contributed by atoms with Gasteiger partial charge >= 0.3 is 11.9 Å². The lowest BCUT2D eigenvalue weighted by Crippen LogP contribution is -2.44. The molecule has 2 heterocycles. The molecular formula is C41H58ClN3O7. The molecule has 3 aromatic rings. The van der Waals surface area contributed by atoms with Crippen LogP contribution in [0, 0.1) is 0 Å². The molecule has 0 saturated carbocycles. The number of esters is 1. The Kier molecular flexibility index (Phi) is 20.7. The van der Waals surface area contributed by atoms with Gasteiger partial charge in [0.05, 0.1) is 13.2 Å². The summed E-state index contributed by atoms with van der Waals surface area (Å²) in [6.45, 7) is 5.92. The average molecular weight is 740 g/mol. The molecule has 1 fully saturated rings. The first kappa shape index (κ1) is 42.7. The van der Waals surface area contributed by atoms with Crippen molar-refractivity contribution in [2.75, 3.05) is 39.5 Å². The fourth-order valence-electron chi connectivity index (χ4n) is 6.20. The number of hydrogen-bond donors (Lipinski definition) is 3. The minimum atomic E-state index is -0.974. The van der Waals surface area contributed by atoms with E-state index in [1.165, 1.54) is 76.7 Å². The van der Waals surface area contributed by atoms with Crippen LogP contribution < -0.4 is 10.9 Å². The van der Waals surface area contributed by atoms with Gasteiger partial charge in [-0.15, -0.1) is 0 Å². The van der Waals surface area contributed by atoms with Crippen LogP contribution in [0.3, 0.4) is 0 Å². The molecular weight excluding hydrogens is 682 g/mol. The number of H-pyrrole nitrogens is 1. The summed E-state index contributed by atoms with van der Waals surface area (Å²) < 4.78 is 10.9. The fourth-order valence-corrected chi connectivity index (χ4v) is 6.32. The van der Waals surface area contributed by atoms with Crippen molar-refractivity contribution in [2.45, 2.75) is 109 Å². The molecule has 286 valence electrons. The topological polar surface area (TPSA) is 138 Å². The first-order valence-electron chi connectivity index (χ1n) is 19.1. The number of fused-ring (bicyclic) bond motifs is 1. The summed E-state index contributed by atoms with van der Waals surface area (Å²) in [6, 6.07) is 14.2. The van der Waals surface area contributed by atoms with Crippen LogP contribution in [0.2, 0.25) is 5.02 Å². The number of unbranched alkanes of at least 4 members (excludes halogenated alkanes) is 12. The van der Waals surface area contributed by atoms with E-state index in [1.54, 1.807) is 30.3 Å². The number of carbonyl (C=O) groups excluding carboxylic acids is 2. The smallest absolute Gasteiger partial charge is 0.329 e. The van der Waals surface area contributed by atoms with Crippen molar-refractivity contribution in [1.29, 1.82) is 0 Å². The first-order chi connectivity index (χ1) is 25.3. The number of carboxylic acids is 1. The third-order valence-corrected chi connectivity index (χ3v) is 9.46. The van der Waals surface area contributed by atoms with Crippen molar-refractivity contribution in [3.8, 4) is 0 Å². The zero-order valence-electron chi connectivity index (χ0n) is 30.8. The molecule has 0 bridgehead atoms. The third kappa shape index (κ3) is 17.2. The lowest BCUT2D eigenvalue weighted by atomic mass is 10.0. The summed E-state index contributed by atoms with van der Waals surface area (Å²) in [6.07, 6.45) is 17.4. The average Bonchev–Trinajstić information content (AvgIpc) is 3.14. The lowest BCUT2D eigenvalue weighted by molar-refractivity contribution is -0.146. The number of ether oxygens (including phenoxy) is 2. The summed E-state index contributed by atoms with van der Waals surface area (Å²) in [7, 11) is 0. The fraction of sp³-hybridized carbons (Fsp3) is 0.561. The van der Waals surface area contributed by atoms with Crippen LogP contribution in [-0.2, 0) is 25.5 Å². The number of amides is 1. The molecule has 0 spiro atoms. The molecule has 1 aromatic heterocycles. The monoisotopic (exact) mass is 739 g/mol. The second-order valence-electron chi connectivity index (χ2n) is 13.4. The molecule has 11 heteroatoms. The maximum absolute atomic E-state index is 13.0. The van der Waals surface area contributed by atoms with Crippen molar-refractivity contribution in [1.82, 2.24) is 15.2 Å². The van der Waals surface area contributed by atoms with E-state index in [2.05, 4.69) is 22.1 Å². The van der Waals surface area contributed by atoms with Gasteiger partial charge in [-0.1, -0.05) is 114 Å². The van der Waals surface area contributed by atoms with E-state index in [9.17, 15) is 19.2 Å². The van der Waals surface area contributed by atoms with Crippen LogP contribution in [0.4, 0.5) is 0 Å². The minimum Gasteiger partial charge on any atom is -0.481 e. The number of aromatic amines is 1. The van der Waals surface area contributed by atoms with Gasteiger partial charge < -0.3 is 24.9 Å². The quantitative estimate of drug-likeness (QED) is 0.0698. The lowest BCUT2D eigenvalue weighted by Gasteiger charge is -2.26. The Balaban J connectivity index is 0.000000345. The van der Waals surface area contributed by atoms with Crippen LogP contribution in [0.15, 0.2) is 59.4 Å². The molecule has 0 radical (unpaired) electrons. The van der Waals surface area contributed by atoms with Crippen molar-refractivity contribution in [3.63, 3.8) is 0 Å². The molecule has 2 aromatic carbocycles. The number of aromatic nitrogens is 1. The second-order valence-corrected chi connectivity index (χ2v) is 13.9. The van der Waals surface area contributed by atoms with Crippen molar-refractivity contribution >= 4 is 40.3 Å². The van der Waals surface area contributed by atoms with E-state index < -0.39 is 23.9 Å². The highest BCUT2D eigenvalue weighted by molar-refractivity contribution is 6.30. The maximum atomic E-state index is 13.0. The molecule has 1 unspecified atom stereocenters. The number of nitrogens with zero attached hydrogens (tertiary/aromatic N) is 1. The normalized spacial score (nSPS) is 13.6. The van der Waals surface area contributed by atoms with E-state index in [1.807, 2.05) is 18.2 Å². The Morgan fingerprint density at radius 2 is 1.48 bits per heavy atom. The zero-order chi connectivity index (χ0) is 37.4. The highest BCUT2D eigenvalue weighted by Crippen LogP contribution is 2.18. The molecule has 0 aliphatic carbocycles. The Labute approximate surface area is 313 Å². The number of para-hydroxylation sites is 1. The number of pyridine rings is 1. The van der Waals surface area contributed by atoms with Crippen LogP contribution in [0.25, 0.3) is 10.9 Å². The maximum Gasteiger partial charge on any atom is 0.329 e. The van der Waals surface area contributed by atoms with Gasteiger partial charge in [-0.3, -0.25) is 19.3 Å². The van der Waals surface area contributed by atoms with E-state index in [0.29, 0.717) is 47.8 Å². The van der Waals surface area contributed by atoms with Gasteiger partial charge in [0, 0.05) is 60.0 Å². The molecule has 1 amide bonds. The van der Waals surface area contributed by atoms with E-state index >= 15 is 0 Å². The van der Waals surface area contributed by atoms with Crippen molar-refractivity contribution in [2.24, 2.45) is 0 Å². The van der Waals surface area contributed by atoms with Crippen LogP contribution in [0.5, 0.6) is 0 Å². The van der Waals surface area contributed by atoms with Gasteiger partial charge in [-0.05, 0) is 42.3 Å². The highest BCUT2D eigenvalue weighted by atomic mass is 35.5. The zero-order valence-corrected chi connectivity index (χ0v) is 31.6. The van der Waals surface area contributed by atoms with Gasteiger partial charge in [-0.25, -0.2) is 4.79 Å². The number of aliphatic carboxylic acids is 1. The van der Waals surface area contributed by atoms with E-state index in [4.69, 9.17) is 26.2 Å². The largest absolute Gasteiger partial charge is 0.481 e. The second kappa shape index (κ2) is 25.3. The number of halogens is 1. The molecule has 1 aliphatic rings. The van der Waals surface area contributed by atoms with Gasteiger partial charge in [0.1, 0.15) is 12.6 Å². The first-order valence-corrected chi connectivity index (χ1v) is 19.5. The summed E-state index contributed by atoms with van der Waals surface area (Å²) >= 11 is 5.92. The number of benzene rings is 2. The molecule has 1 aliphatic heterocycles. The minimum absolute atomic E-state index is 0.111. The number of rotatable bonds is 22. The third-order valence-electron chi connectivity index (χ3n) is 9.21. The molecule has 4 rings (SSSR count).